The molecule has 4 rings (SSSR count). The molecule has 0 radical (unpaired) electrons. The lowest BCUT2D eigenvalue weighted by molar-refractivity contribution is -0.140. The Balaban J connectivity index is 1.70. The van der Waals surface area contributed by atoms with E-state index in [9.17, 15) is 9.59 Å². The van der Waals surface area contributed by atoms with E-state index < -0.39 is 11.9 Å². The summed E-state index contributed by atoms with van der Waals surface area (Å²) in [5, 5.41) is 3.39. The van der Waals surface area contributed by atoms with E-state index in [-0.39, 0.29) is 17.8 Å². The van der Waals surface area contributed by atoms with Gasteiger partial charge in [-0.1, -0.05) is 50.2 Å². The Morgan fingerprint density at radius 3 is 2.42 bits per heavy atom. The third-order valence-electron chi connectivity index (χ3n) is 6.49. The van der Waals surface area contributed by atoms with E-state index in [4.69, 9.17) is 9.47 Å². The largest absolute Gasteiger partial charge is 0.497 e. The summed E-state index contributed by atoms with van der Waals surface area (Å²) in [5.41, 5.74) is 5.63. The highest BCUT2D eigenvalue weighted by Gasteiger charge is 2.43. The fraction of sp³-hybridized carbons (Fsp3) is 0.357. The van der Waals surface area contributed by atoms with Crippen molar-refractivity contribution in [2.24, 2.45) is 5.41 Å². The van der Waals surface area contributed by atoms with Gasteiger partial charge in [0.1, 0.15) is 12.4 Å². The highest BCUT2D eigenvalue weighted by Crippen LogP contribution is 2.47. The van der Waals surface area contributed by atoms with E-state index in [2.05, 4.69) is 19.2 Å². The van der Waals surface area contributed by atoms with E-state index in [1.165, 1.54) is 0 Å². The molecule has 0 saturated carbocycles. The second-order valence-corrected chi connectivity index (χ2v) is 9.71. The van der Waals surface area contributed by atoms with Crippen LogP contribution in [0.25, 0.3) is 0 Å². The van der Waals surface area contributed by atoms with Crippen molar-refractivity contribution in [1.82, 2.24) is 5.32 Å². The number of hydrogen-bond acceptors (Lipinski definition) is 5. The zero-order valence-electron chi connectivity index (χ0n) is 20.0. The molecule has 33 heavy (non-hydrogen) atoms. The lowest BCUT2D eigenvalue weighted by Crippen LogP contribution is -2.38. The molecule has 1 N–H and O–H groups in total. The van der Waals surface area contributed by atoms with Crippen LogP contribution in [0.15, 0.2) is 71.1 Å². The predicted molar refractivity (Wildman–Crippen MR) is 128 cm³/mol. The number of aryl methyl sites for hydroxylation is 1. The van der Waals surface area contributed by atoms with Crippen LogP contribution in [0.2, 0.25) is 0 Å². The van der Waals surface area contributed by atoms with Gasteiger partial charge in [0.05, 0.1) is 12.7 Å². The summed E-state index contributed by atoms with van der Waals surface area (Å²) in [4.78, 5) is 26.8. The van der Waals surface area contributed by atoms with Gasteiger partial charge in [-0.3, -0.25) is 4.79 Å². The molecule has 0 amide bonds. The standard InChI is InChI=1S/C28H31NO4/c1-17-8-6-7-9-21(17)25-24(27(31)33-16-19-10-12-20(32-5)13-11-19)18(2)29-22-14-28(3,4)15-23(30)26(22)25/h6-13,25,29H,14-16H2,1-5H3/t25-/m0/s1. The van der Waals surface area contributed by atoms with Crippen molar-refractivity contribution in [1.29, 1.82) is 0 Å². The highest BCUT2D eigenvalue weighted by molar-refractivity contribution is 6.04. The molecule has 5 heteroatoms. The van der Waals surface area contributed by atoms with E-state index >= 15 is 0 Å². The molecule has 0 spiro atoms. The Morgan fingerprint density at radius 2 is 1.76 bits per heavy atom. The molecule has 2 aromatic carbocycles. The first-order valence-corrected chi connectivity index (χ1v) is 11.3. The van der Waals surface area contributed by atoms with Gasteiger partial charge >= 0.3 is 5.97 Å². The van der Waals surface area contributed by atoms with Gasteiger partial charge in [-0.15, -0.1) is 0 Å². The molecule has 2 aliphatic rings. The Kier molecular flexibility index (Phi) is 6.15. The van der Waals surface area contributed by atoms with Gasteiger partial charge in [0, 0.05) is 29.3 Å². The van der Waals surface area contributed by atoms with Crippen LogP contribution >= 0.6 is 0 Å². The summed E-state index contributed by atoms with van der Waals surface area (Å²) < 4.78 is 10.9. The van der Waals surface area contributed by atoms with Gasteiger partial charge < -0.3 is 14.8 Å². The molecular formula is C28H31NO4. The first-order valence-electron chi connectivity index (χ1n) is 11.3. The monoisotopic (exact) mass is 445 g/mol. The summed E-state index contributed by atoms with van der Waals surface area (Å²) in [5.74, 6) is -0.00411. The van der Waals surface area contributed by atoms with Crippen LogP contribution in [0.3, 0.4) is 0 Å². The molecule has 1 aliphatic heterocycles. The molecule has 1 aliphatic carbocycles. The number of methoxy groups -OCH3 is 1. The normalized spacial score (nSPS) is 19.7. The van der Waals surface area contributed by atoms with E-state index in [0.29, 0.717) is 17.6 Å². The summed E-state index contributed by atoms with van der Waals surface area (Å²) in [6.07, 6.45) is 1.23. The van der Waals surface area contributed by atoms with Crippen molar-refractivity contribution in [2.45, 2.75) is 53.1 Å². The van der Waals surface area contributed by atoms with Crippen LogP contribution in [0.5, 0.6) is 5.75 Å². The third-order valence-corrected chi connectivity index (χ3v) is 6.49. The number of ketones is 1. The number of allylic oxidation sites excluding steroid dienone is 3. The number of esters is 1. The maximum atomic E-state index is 13.4. The number of Topliss-reactive ketones (excluding diaryl/α,β-unsaturated/α-hetero) is 1. The van der Waals surface area contributed by atoms with Gasteiger partial charge in [-0.25, -0.2) is 4.79 Å². The zero-order valence-corrected chi connectivity index (χ0v) is 20.0. The molecular weight excluding hydrogens is 414 g/mol. The van der Waals surface area contributed by atoms with Crippen LogP contribution < -0.4 is 10.1 Å². The Morgan fingerprint density at radius 1 is 1.06 bits per heavy atom. The van der Waals surface area contributed by atoms with Gasteiger partial charge in [0.2, 0.25) is 0 Å². The average molecular weight is 446 g/mol. The van der Waals surface area contributed by atoms with Crippen LogP contribution in [-0.2, 0) is 20.9 Å². The number of dihydropyridines is 1. The first-order chi connectivity index (χ1) is 15.7. The summed E-state index contributed by atoms with van der Waals surface area (Å²) in [7, 11) is 1.61. The summed E-state index contributed by atoms with van der Waals surface area (Å²) >= 11 is 0. The van der Waals surface area contributed by atoms with E-state index in [0.717, 1.165) is 40.3 Å². The Hall–Kier alpha value is -3.34. The second kappa shape index (κ2) is 8.89. The Bertz CT molecular complexity index is 1150. The molecule has 5 nitrogen and oxygen atoms in total. The number of nitrogens with one attached hydrogen (secondary N) is 1. The van der Waals surface area contributed by atoms with Crippen molar-refractivity contribution < 1.29 is 19.1 Å². The summed E-state index contributed by atoms with van der Waals surface area (Å²) in [6, 6.07) is 15.4. The van der Waals surface area contributed by atoms with Gasteiger partial charge in [-0.05, 0) is 54.5 Å². The third kappa shape index (κ3) is 4.58. The molecule has 0 aromatic heterocycles. The average Bonchev–Trinajstić information content (AvgIpc) is 2.76. The van der Waals surface area contributed by atoms with E-state index in [1.54, 1.807) is 7.11 Å². The molecule has 0 bridgehead atoms. The second-order valence-electron chi connectivity index (χ2n) is 9.71. The van der Waals surface area contributed by atoms with E-state index in [1.807, 2.05) is 62.4 Å². The molecule has 2 aromatic rings. The highest BCUT2D eigenvalue weighted by atomic mass is 16.5. The minimum absolute atomic E-state index is 0.0926. The van der Waals surface area contributed by atoms with Crippen LogP contribution in [-0.4, -0.2) is 18.9 Å². The van der Waals surface area contributed by atoms with Crippen molar-refractivity contribution in [2.75, 3.05) is 7.11 Å². The molecule has 0 fully saturated rings. The molecule has 0 saturated heterocycles. The van der Waals surface area contributed by atoms with Crippen molar-refractivity contribution in [3.63, 3.8) is 0 Å². The Labute approximate surface area is 195 Å². The van der Waals surface area contributed by atoms with Crippen molar-refractivity contribution in [3.8, 4) is 5.75 Å². The molecule has 0 unspecified atom stereocenters. The maximum absolute atomic E-state index is 13.4. The number of hydrogen-bond donors (Lipinski definition) is 1. The van der Waals surface area contributed by atoms with Gasteiger partial charge in [0.25, 0.3) is 0 Å². The van der Waals surface area contributed by atoms with Crippen LogP contribution in [0, 0.1) is 12.3 Å². The number of carbonyl (C=O) groups excluding carboxylic acids is 2. The maximum Gasteiger partial charge on any atom is 0.337 e. The van der Waals surface area contributed by atoms with Crippen LogP contribution in [0.4, 0.5) is 0 Å². The van der Waals surface area contributed by atoms with Crippen LogP contribution in [0.1, 0.15) is 56.2 Å². The van der Waals surface area contributed by atoms with Crippen molar-refractivity contribution in [3.05, 3.63) is 87.8 Å². The quantitative estimate of drug-likeness (QED) is 0.629. The molecule has 1 heterocycles. The topological polar surface area (TPSA) is 64.6 Å². The molecule has 1 atom stereocenters. The first kappa shape index (κ1) is 22.8. The van der Waals surface area contributed by atoms with Gasteiger partial charge in [-0.2, -0.15) is 0 Å². The fourth-order valence-corrected chi connectivity index (χ4v) is 4.88. The van der Waals surface area contributed by atoms with Crippen molar-refractivity contribution >= 4 is 11.8 Å². The molecule has 172 valence electrons. The number of rotatable bonds is 5. The fourth-order valence-electron chi connectivity index (χ4n) is 4.88. The number of ether oxygens (including phenoxy) is 2. The lowest BCUT2D eigenvalue weighted by atomic mass is 9.68. The minimum atomic E-state index is -0.436. The minimum Gasteiger partial charge on any atom is -0.497 e. The zero-order chi connectivity index (χ0) is 23.8. The summed E-state index contributed by atoms with van der Waals surface area (Å²) in [6.45, 7) is 8.27. The smallest absolute Gasteiger partial charge is 0.337 e. The van der Waals surface area contributed by atoms with Gasteiger partial charge in [0.15, 0.2) is 5.78 Å². The predicted octanol–water partition coefficient (Wildman–Crippen LogP) is 5.35. The number of carbonyl (C=O) groups is 2. The number of benzene rings is 2. The SMILES string of the molecule is COc1ccc(COC(=O)C2=C(C)NC3=C(C(=O)CC(C)(C)C3)[C@H]2c2ccccc2C)cc1. The lowest BCUT2D eigenvalue weighted by Gasteiger charge is -2.39.